The standard InChI is InChI=1S/C16H27N5/c1-2-6-14-15(17)18-12-19-16(14)21-10-7-13(11-21)20-8-4-3-5-9-20/h12-13H,2-11H2,1H3,(H2,17,18,19). The van der Waals surface area contributed by atoms with E-state index in [9.17, 15) is 0 Å². The quantitative estimate of drug-likeness (QED) is 0.919. The summed E-state index contributed by atoms with van der Waals surface area (Å²) in [7, 11) is 0. The molecule has 116 valence electrons. The Kier molecular flexibility index (Phi) is 4.58. The summed E-state index contributed by atoms with van der Waals surface area (Å²) in [4.78, 5) is 13.8. The molecule has 5 nitrogen and oxygen atoms in total. The van der Waals surface area contributed by atoms with Gasteiger partial charge in [0.25, 0.3) is 0 Å². The molecule has 1 aromatic heterocycles. The van der Waals surface area contributed by atoms with Crippen LogP contribution < -0.4 is 10.6 Å². The number of anilines is 2. The molecule has 2 aliphatic heterocycles. The van der Waals surface area contributed by atoms with Crippen molar-refractivity contribution >= 4 is 11.6 Å². The molecule has 0 aliphatic carbocycles. The Balaban J connectivity index is 1.72. The molecular weight excluding hydrogens is 262 g/mol. The maximum absolute atomic E-state index is 6.06. The molecule has 3 heterocycles. The Labute approximate surface area is 127 Å². The van der Waals surface area contributed by atoms with Crippen molar-refractivity contribution in [1.82, 2.24) is 14.9 Å². The second-order valence-electron chi connectivity index (χ2n) is 6.30. The van der Waals surface area contributed by atoms with Gasteiger partial charge in [-0.3, -0.25) is 4.90 Å². The third kappa shape index (κ3) is 3.12. The Morgan fingerprint density at radius 1 is 1.19 bits per heavy atom. The van der Waals surface area contributed by atoms with Gasteiger partial charge in [0, 0.05) is 24.7 Å². The van der Waals surface area contributed by atoms with Gasteiger partial charge in [0.05, 0.1) is 0 Å². The van der Waals surface area contributed by atoms with Gasteiger partial charge in [-0.05, 0) is 38.8 Å². The zero-order valence-electron chi connectivity index (χ0n) is 13.1. The summed E-state index contributed by atoms with van der Waals surface area (Å²) in [6.07, 6.45) is 9.01. The van der Waals surface area contributed by atoms with E-state index in [0.717, 1.165) is 37.3 Å². The zero-order valence-corrected chi connectivity index (χ0v) is 13.1. The largest absolute Gasteiger partial charge is 0.383 e. The summed E-state index contributed by atoms with van der Waals surface area (Å²) < 4.78 is 0. The molecule has 2 N–H and O–H groups in total. The second kappa shape index (κ2) is 6.60. The highest BCUT2D eigenvalue weighted by atomic mass is 15.3. The first-order chi connectivity index (χ1) is 10.3. The number of nitrogen functional groups attached to an aromatic ring is 1. The number of nitrogens with two attached hydrogens (primary N) is 1. The lowest BCUT2D eigenvalue weighted by Gasteiger charge is -2.32. The van der Waals surface area contributed by atoms with Gasteiger partial charge in [0.1, 0.15) is 18.0 Å². The molecule has 2 saturated heterocycles. The van der Waals surface area contributed by atoms with E-state index < -0.39 is 0 Å². The molecule has 2 fully saturated rings. The van der Waals surface area contributed by atoms with Crippen LogP contribution in [0.4, 0.5) is 11.6 Å². The van der Waals surface area contributed by atoms with Crippen LogP contribution in [0, 0.1) is 0 Å². The number of aromatic nitrogens is 2. The molecule has 0 amide bonds. The molecule has 5 heteroatoms. The highest BCUT2D eigenvalue weighted by Crippen LogP contribution is 2.28. The van der Waals surface area contributed by atoms with Crippen LogP contribution >= 0.6 is 0 Å². The van der Waals surface area contributed by atoms with Crippen LogP contribution in [0.2, 0.25) is 0 Å². The number of rotatable bonds is 4. The molecule has 0 saturated carbocycles. The van der Waals surface area contributed by atoms with Crippen molar-refractivity contribution in [3.63, 3.8) is 0 Å². The van der Waals surface area contributed by atoms with E-state index in [-0.39, 0.29) is 0 Å². The van der Waals surface area contributed by atoms with Crippen molar-refractivity contribution in [1.29, 1.82) is 0 Å². The number of nitrogens with zero attached hydrogens (tertiary/aromatic N) is 4. The van der Waals surface area contributed by atoms with Crippen molar-refractivity contribution in [2.24, 2.45) is 0 Å². The third-order valence-electron chi connectivity index (χ3n) is 4.83. The van der Waals surface area contributed by atoms with Crippen LogP contribution in [0.15, 0.2) is 6.33 Å². The predicted molar refractivity (Wildman–Crippen MR) is 86.5 cm³/mol. The summed E-state index contributed by atoms with van der Waals surface area (Å²) in [5, 5.41) is 0. The molecule has 1 atom stereocenters. The number of likely N-dealkylation sites (tertiary alicyclic amines) is 1. The molecule has 0 aromatic carbocycles. The molecule has 0 bridgehead atoms. The van der Waals surface area contributed by atoms with E-state index >= 15 is 0 Å². The minimum Gasteiger partial charge on any atom is -0.383 e. The molecule has 0 radical (unpaired) electrons. The van der Waals surface area contributed by atoms with Crippen molar-refractivity contribution < 1.29 is 0 Å². The summed E-state index contributed by atoms with van der Waals surface area (Å²) >= 11 is 0. The Bertz CT molecular complexity index is 470. The van der Waals surface area contributed by atoms with Gasteiger partial charge in [0.15, 0.2) is 0 Å². The smallest absolute Gasteiger partial charge is 0.137 e. The van der Waals surface area contributed by atoms with Gasteiger partial charge in [-0.25, -0.2) is 9.97 Å². The minimum absolute atomic E-state index is 0.656. The molecule has 21 heavy (non-hydrogen) atoms. The average Bonchev–Trinajstić information content (AvgIpc) is 3.00. The van der Waals surface area contributed by atoms with Crippen LogP contribution in [0.25, 0.3) is 0 Å². The maximum Gasteiger partial charge on any atom is 0.137 e. The maximum atomic E-state index is 6.06. The molecule has 3 rings (SSSR count). The average molecular weight is 289 g/mol. The SMILES string of the molecule is CCCc1c(N)ncnc1N1CCC(N2CCCCC2)C1. The van der Waals surface area contributed by atoms with Gasteiger partial charge in [0.2, 0.25) is 0 Å². The first-order valence-corrected chi connectivity index (χ1v) is 8.38. The lowest BCUT2D eigenvalue weighted by Crippen LogP contribution is -2.41. The number of piperidine rings is 1. The predicted octanol–water partition coefficient (Wildman–Crippen LogP) is 2.08. The molecular formula is C16H27N5. The zero-order chi connectivity index (χ0) is 14.7. The summed E-state index contributed by atoms with van der Waals surface area (Å²) in [6.45, 7) is 6.90. The second-order valence-corrected chi connectivity index (χ2v) is 6.30. The summed E-state index contributed by atoms with van der Waals surface area (Å²) in [6, 6.07) is 0.691. The van der Waals surface area contributed by atoms with Gasteiger partial charge in [-0.1, -0.05) is 19.8 Å². The van der Waals surface area contributed by atoms with E-state index in [4.69, 9.17) is 5.73 Å². The Morgan fingerprint density at radius 2 is 2.00 bits per heavy atom. The fourth-order valence-corrected chi connectivity index (χ4v) is 3.69. The topological polar surface area (TPSA) is 58.3 Å². The third-order valence-corrected chi connectivity index (χ3v) is 4.83. The Morgan fingerprint density at radius 3 is 2.76 bits per heavy atom. The van der Waals surface area contributed by atoms with Crippen LogP contribution in [-0.2, 0) is 6.42 Å². The van der Waals surface area contributed by atoms with Gasteiger partial charge in [-0.2, -0.15) is 0 Å². The highest BCUT2D eigenvalue weighted by Gasteiger charge is 2.30. The fourth-order valence-electron chi connectivity index (χ4n) is 3.69. The fraction of sp³-hybridized carbons (Fsp3) is 0.750. The van der Waals surface area contributed by atoms with Crippen molar-refractivity contribution in [3.8, 4) is 0 Å². The number of hydrogen-bond donors (Lipinski definition) is 1. The van der Waals surface area contributed by atoms with Crippen LogP contribution in [0.5, 0.6) is 0 Å². The van der Waals surface area contributed by atoms with Gasteiger partial charge >= 0.3 is 0 Å². The number of hydrogen-bond acceptors (Lipinski definition) is 5. The van der Waals surface area contributed by atoms with Crippen LogP contribution in [0.3, 0.4) is 0 Å². The van der Waals surface area contributed by atoms with Gasteiger partial charge in [-0.15, -0.1) is 0 Å². The van der Waals surface area contributed by atoms with E-state index in [2.05, 4.69) is 26.7 Å². The van der Waals surface area contributed by atoms with Crippen LogP contribution in [0.1, 0.15) is 44.6 Å². The van der Waals surface area contributed by atoms with E-state index in [1.165, 1.54) is 38.8 Å². The van der Waals surface area contributed by atoms with Crippen molar-refractivity contribution in [2.45, 2.75) is 51.5 Å². The lowest BCUT2D eigenvalue weighted by molar-refractivity contribution is 0.174. The van der Waals surface area contributed by atoms with E-state index in [0.29, 0.717) is 11.9 Å². The van der Waals surface area contributed by atoms with Crippen LogP contribution in [-0.4, -0.2) is 47.1 Å². The molecule has 1 aromatic rings. The highest BCUT2D eigenvalue weighted by molar-refractivity contribution is 5.57. The van der Waals surface area contributed by atoms with E-state index in [1.54, 1.807) is 6.33 Å². The molecule has 1 unspecified atom stereocenters. The molecule has 2 aliphatic rings. The van der Waals surface area contributed by atoms with Crippen molar-refractivity contribution in [3.05, 3.63) is 11.9 Å². The Hall–Kier alpha value is -1.36. The van der Waals surface area contributed by atoms with Crippen molar-refractivity contribution in [2.75, 3.05) is 36.8 Å². The monoisotopic (exact) mass is 289 g/mol. The summed E-state index contributed by atoms with van der Waals surface area (Å²) in [5.41, 5.74) is 7.20. The van der Waals surface area contributed by atoms with Gasteiger partial charge < -0.3 is 10.6 Å². The first-order valence-electron chi connectivity index (χ1n) is 8.38. The van der Waals surface area contributed by atoms with E-state index in [1.807, 2.05) is 0 Å². The first kappa shape index (κ1) is 14.6. The molecule has 0 spiro atoms. The minimum atomic E-state index is 0.656. The summed E-state index contributed by atoms with van der Waals surface area (Å²) in [5.74, 6) is 1.73. The normalized spacial score (nSPS) is 23.7. The lowest BCUT2D eigenvalue weighted by atomic mass is 10.1.